The molecule has 1 N–H and O–H groups in total. The monoisotopic (exact) mass is 296 g/mol. The second-order valence-electron chi connectivity index (χ2n) is 5.20. The van der Waals surface area contributed by atoms with E-state index in [9.17, 15) is 9.90 Å². The van der Waals surface area contributed by atoms with Crippen LogP contribution in [0.1, 0.15) is 12.5 Å². The maximum absolute atomic E-state index is 12.0. The average molecular weight is 297 g/mol. The molecule has 1 saturated heterocycles. The lowest BCUT2D eigenvalue weighted by molar-refractivity contribution is -0.136. The largest absolute Gasteiger partial charge is 0.394 e. The van der Waals surface area contributed by atoms with Crippen molar-refractivity contribution in [2.75, 3.05) is 26.2 Å². The lowest BCUT2D eigenvalue weighted by Gasteiger charge is -2.41. The van der Waals surface area contributed by atoms with Gasteiger partial charge in [0.25, 0.3) is 0 Å². The molecule has 0 aliphatic carbocycles. The molecular formula is C15H21ClN2O2. The lowest BCUT2D eigenvalue weighted by Crippen LogP contribution is -2.57. The van der Waals surface area contributed by atoms with Gasteiger partial charge in [-0.2, -0.15) is 0 Å². The summed E-state index contributed by atoms with van der Waals surface area (Å²) in [6.45, 7) is 4.60. The maximum atomic E-state index is 12.0. The van der Waals surface area contributed by atoms with Gasteiger partial charge in [-0.15, -0.1) is 11.6 Å². The number of piperazine rings is 1. The molecule has 2 atom stereocenters. The van der Waals surface area contributed by atoms with E-state index in [1.165, 1.54) is 5.56 Å². The van der Waals surface area contributed by atoms with Gasteiger partial charge in [0.05, 0.1) is 12.6 Å². The van der Waals surface area contributed by atoms with Crippen molar-refractivity contribution in [3.05, 3.63) is 35.9 Å². The van der Waals surface area contributed by atoms with Crippen LogP contribution in [0, 0.1) is 0 Å². The van der Waals surface area contributed by atoms with Crippen molar-refractivity contribution >= 4 is 17.5 Å². The van der Waals surface area contributed by atoms with Crippen molar-refractivity contribution < 1.29 is 9.90 Å². The van der Waals surface area contributed by atoms with E-state index in [-0.39, 0.29) is 18.6 Å². The minimum absolute atomic E-state index is 0.0271. The second kappa shape index (κ2) is 7.07. The molecule has 1 heterocycles. The summed E-state index contributed by atoms with van der Waals surface area (Å²) in [6.07, 6.45) is 0. The van der Waals surface area contributed by atoms with Crippen LogP contribution in [0.4, 0.5) is 0 Å². The number of hydrogen-bond acceptors (Lipinski definition) is 3. The van der Waals surface area contributed by atoms with Gasteiger partial charge >= 0.3 is 0 Å². The summed E-state index contributed by atoms with van der Waals surface area (Å²) >= 11 is 5.86. The quantitative estimate of drug-likeness (QED) is 0.852. The Morgan fingerprint density at radius 1 is 1.40 bits per heavy atom. The average Bonchev–Trinajstić information content (AvgIpc) is 2.47. The number of benzene rings is 1. The normalized spacial score (nSPS) is 21.8. The highest BCUT2D eigenvalue weighted by Crippen LogP contribution is 2.15. The van der Waals surface area contributed by atoms with E-state index in [1.807, 2.05) is 18.2 Å². The molecule has 1 aliphatic rings. The Balaban J connectivity index is 1.97. The summed E-state index contributed by atoms with van der Waals surface area (Å²) in [5.41, 5.74) is 1.25. The van der Waals surface area contributed by atoms with Gasteiger partial charge in [0.2, 0.25) is 5.91 Å². The molecule has 110 valence electrons. The maximum Gasteiger partial charge on any atom is 0.240 e. The van der Waals surface area contributed by atoms with Crippen molar-refractivity contribution in [3.8, 4) is 0 Å². The number of aliphatic hydroxyl groups excluding tert-OH is 1. The van der Waals surface area contributed by atoms with E-state index in [0.29, 0.717) is 13.1 Å². The topological polar surface area (TPSA) is 43.8 Å². The van der Waals surface area contributed by atoms with Gasteiger partial charge < -0.3 is 10.0 Å². The van der Waals surface area contributed by atoms with Crippen LogP contribution in [0.25, 0.3) is 0 Å². The first kappa shape index (κ1) is 15.3. The number of carbonyl (C=O) groups excluding carboxylic acids is 1. The third-order valence-electron chi connectivity index (χ3n) is 3.65. The molecular weight excluding hydrogens is 276 g/mol. The van der Waals surface area contributed by atoms with Gasteiger partial charge in [-0.25, -0.2) is 0 Å². The molecule has 1 aromatic rings. The molecule has 0 aromatic heterocycles. The molecule has 2 rings (SSSR count). The summed E-state index contributed by atoms with van der Waals surface area (Å²) in [5.74, 6) is -0.0925. The molecule has 1 amide bonds. The molecule has 1 fully saturated rings. The summed E-state index contributed by atoms with van der Waals surface area (Å²) in [5, 5.41) is 8.98. The molecule has 4 nitrogen and oxygen atoms in total. The van der Waals surface area contributed by atoms with Crippen molar-refractivity contribution in [1.29, 1.82) is 0 Å². The minimum Gasteiger partial charge on any atom is -0.394 e. The minimum atomic E-state index is -0.537. The van der Waals surface area contributed by atoms with Crippen LogP contribution in [-0.4, -0.2) is 58.5 Å². The molecule has 1 aliphatic heterocycles. The fraction of sp³-hybridized carbons (Fsp3) is 0.533. The number of amides is 1. The lowest BCUT2D eigenvalue weighted by atomic mass is 10.1. The fourth-order valence-corrected chi connectivity index (χ4v) is 2.71. The van der Waals surface area contributed by atoms with Gasteiger partial charge in [0.15, 0.2) is 0 Å². The van der Waals surface area contributed by atoms with E-state index in [1.54, 1.807) is 11.8 Å². The van der Waals surface area contributed by atoms with Crippen LogP contribution in [0.5, 0.6) is 0 Å². The summed E-state index contributed by atoms with van der Waals surface area (Å²) in [6, 6.07) is 10.1. The highest BCUT2D eigenvalue weighted by atomic mass is 35.5. The second-order valence-corrected chi connectivity index (χ2v) is 5.86. The number of hydrogen-bond donors (Lipinski definition) is 1. The molecule has 0 saturated carbocycles. The Hall–Kier alpha value is -1.10. The van der Waals surface area contributed by atoms with Gasteiger partial charge in [0.1, 0.15) is 5.38 Å². The smallest absolute Gasteiger partial charge is 0.240 e. The third kappa shape index (κ3) is 3.72. The molecule has 1 aromatic carbocycles. The van der Waals surface area contributed by atoms with Crippen LogP contribution >= 0.6 is 11.6 Å². The van der Waals surface area contributed by atoms with E-state index in [2.05, 4.69) is 17.0 Å². The summed E-state index contributed by atoms with van der Waals surface area (Å²) in [7, 11) is 0. The van der Waals surface area contributed by atoms with Gasteiger partial charge in [-0.3, -0.25) is 9.69 Å². The van der Waals surface area contributed by atoms with Crippen molar-refractivity contribution in [2.24, 2.45) is 0 Å². The van der Waals surface area contributed by atoms with Crippen molar-refractivity contribution in [2.45, 2.75) is 24.9 Å². The molecule has 20 heavy (non-hydrogen) atoms. The Kier molecular flexibility index (Phi) is 5.40. The van der Waals surface area contributed by atoms with E-state index >= 15 is 0 Å². The van der Waals surface area contributed by atoms with Crippen LogP contribution in [-0.2, 0) is 11.3 Å². The first-order valence-electron chi connectivity index (χ1n) is 6.93. The SMILES string of the molecule is CC(Cl)C(=O)N1CCN(Cc2ccccc2)C[C@H]1CO. The van der Waals surface area contributed by atoms with Crippen molar-refractivity contribution in [3.63, 3.8) is 0 Å². The first-order chi connectivity index (χ1) is 9.61. The number of alkyl halides is 1. The van der Waals surface area contributed by atoms with E-state index < -0.39 is 5.38 Å². The molecule has 0 bridgehead atoms. The molecule has 1 unspecified atom stereocenters. The third-order valence-corrected chi connectivity index (χ3v) is 3.84. The molecule has 0 spiro atoms. The summed E-state index contributed by atoms with van der Waals surface area (Å²) < 4.78 is 0. The Labute approximate surface area is 124 Å². The first-order valence-corrected chi connectivity index (χ1v) is 7.37. The van der Waals surface area contributed by atoms with Crippen LogP contribution in [0.15, 0.2) is 30.3 Å². The predicted molar refractivity (Wildman–Crippen MR) is 79.6 cm³/mol. The van der Waals surface area contributed by atoms with Crippen LogP contribution < -0.4 is 0 Å². The zero-order valence-electron chi connectivity index (χ0n) is 11.7. The van der Waals surface area contributed by atoms with Gasteiger partial charge in [-0.05, 0) is 12.5 Å². The predicted octanol–water partition coefficient (Wildman–Crippen LogP) is 1.32. The molecule has 5 heteroatoms. The number of halogens is 1. The van der Waals surface area contributed by atoms with Crippen molar-refractivity contribution in [1.82, 2.24) is 9.80 Å². The van der Waals surface area contributed by atoms with Crippen LogP contribution in [0.3, 0.4) is 0 Å². The van der Waals surface area contributed by atoms with E-state index in [0.717, 1.165) is 13.1 Å². The Morgan fingerprint density at radius 2 is 2.10 bits per heavy atom. The van der Waals surface area contributed by atoms with Gasteiger partial charge in [-0.1, -0.05) is 30.3 Å². The van der Waals surface area contributed by atoms with Crippen LogP contribution in [0.2, 0.25) is 0 Å². The Bertz CT molecular complexity index is 439. The number of nitrogens with zero attached hydrogens (tertiary/aromatic N) is 2. The number of carbonyl (C=O) groups is 1. The highest BCUT2D eigenvalue weighted by molar-refractivity contribution is 6.30. The molecule has 0 radical (unpaired) electrons. The van der Waals surface area contributed by atoms with E-state index in [4.69, 9.17) is 11.6 Å². The zero-order chi connectivity index (χ0) is 14.5. The standard InChI is InChI=1S/C15H21ClN2O2/c1-12(16)15(20)18-8-7-17(10-14(18)11-19)9-13-5-3-2-4-6-13/h2-6,12,14,19H,7-11H2,1H3/t12?,14-/m0/s1. The number of aliphatic hydroxyl groups is 1. The zero-order valence-corrected chi connectivity index (χ0v) is 12.5. The fourth-order valence-electron chi connectivity index (χ4n) is 2.58. The van der Waals surface area contributed by atoms with Gasteiger partial charge in [0, 0.05) is 26.2 Å². The Morgan fingerprint density at radius 3 is 2.70 bits per heavy atom. The summed E-state index contributed by atoms with van der Waals surface area (Å²) in [4.78, 5) is 16.0. The number of rotatable bonds is 4. The highest BCUT2D eigenvalue weighted by Gasteiger charge is 2.31.